The third kappa shape index (κ3) is 3.44. The highest BCUT2D eigenvalue weighted by molar-refractivity contribution is 5.91. The molecule has 1 aliphatic heterocycles. The number of hydrogen-bond donors (Lipinski definition) is 1. The number of ether oxygens (including phenoxy) is 2. The van der Waals surface area contributed by atoms with Crippen molar-refractivity contribution < 1.29 is 14.3 Å². The average molecular weight is 352 g/mol. The van der Waals surface area contributed by atoms with Gasteiger partial charge in [0.1, 0.15) is 11.9 Å². The molecule has 136 valence electrons. The Kier molecular flexibility index (Phi) is 4.64. The Morgan fingerprint density at radius 3 is 2.73 bits per heavy atom. The van der Waals surface area contributed by atoms with Gasteiger partial charge in [-0.25, -0.2) is 0 Å². The van der Waals surface area contributed by atoms with E-state index in [1.807, 2.05) is 49.4 Å². The summed E-state index contributed by atoms with van der Waals surface area (Å²) in [6, 6.07) is 13.7. The minimum absolute atomic E-state index is 0.0785. The van der Waals surface area contributed by atoms with Crippen molar-refractivity contribution in [3.05, 3.63) is 59.9 Å². The maximum absolute atomic E-state index is 13.0. The van der Waals surface area contributed by atoms with Gasteiger partial charge in [0.05, 0.1) is 30.9 Å². The van der Waals surface area contributed by atoms with Crippen molar-refractivity contribution in [2.24, 2.45) is 0 Å². The largest absolute Gasteiger partial charge is 0.486 e. The van der Waals surface area contributed by atoms with Crippen molar-refractivity contribution >= 4 is 5.91 Å². The molecule has 1 N–H and O–H groups in total. The number of aromatic nitrogens is 1. The summed E-state index contributed by atoms with van der Waals surface area (Å²) < 4.78 is 11.7. The number of benzene rings is 1. The van der Waals surface area contributed by atoms with E-state index in [-0.39, 0.29) is 23.5 Å². The van der Waals surface area contributed by atoms with E-state index in [0.717, 1.165) is 36.3 Å². The molecular formula is C21H24N2O3. The highest BCUT2D eigenvalue weighted by Gasteiger charge is 2.52. The summed E-state index contributed by atoms with van der Waals surface area (Å²) in [5, 5.41) is 3.19. The highest BCUT2D eigenvalue weighted by Crippen LogP contribution is 2.48. The van der Waals surface area contributed by atoms with Crippen molar-refractivity contribution in [2.75, 3.05) is 13.2 Å². The molecule has 2 aliphatic rings. The number of nitrogens with zero attached hydrogens (tertiary/aromatic N) is 1. The Balaban J connectivity index is 1.45. The lowest BCUT2D eigenvalue weighted by Crippen LogP contribution is -2.54. The zero-order chi connectivity index (χ0) is 18.0. The first kappa shape index (κ1) is 17.0. The molecule has 0 bridgehead atoms. The molecule has 1 aromatic carbocycles. The first-order valence-corrected chi connectivity index (χ1v) is 9.21. The number of carbonyl (C=O) groups is 1. The molecule has 0 spiro atoms. The zero-order valence-electron chi connectivity index (χ0n) is 15.0. The molecule has 1 aliphatic carbocycles. The van der Waals surface area contributed by atoms with E-state index in [0.29, 0.717) is 13.2 Å². The van der Waals surface area contributed by atoms with Crippen LogP contribution in [-0.4, -0.2) is 36.3 Å². The molecule has 2 fully saturated rings. The van der Waals surface area contributed by atoms with E-state index in [2.05, 4.69) is 10.3 Å². The van der Waals surface area contributed by atoms with Gasteiger partial charge in [0.25, 0.3) is 0 Å². The Labute approximate surface area is 153 Å². The van der Waals surface area contributed by atoms with Gasteiger partial charge in [-0.15, -0.1) is 0 Å². The van der Waals surface area contributed by atoms with Gasteiger partial charge in [-0.3, -0.25) is 9.78 Å². The minimum Gasteiger partial charge on any atom is -0.486 e. The van der Waals surface area contributed by atoms with Crippen LogP contribution in [0, 0.1) is 6.92 Å². The van der Waals surface area contributed by atoms with E-state index in [1.165, 1.54) is 0 Å². The molecule has 2 atom stereocenters. The summed E-state index contributed by atoms with van der Waals surface area (Å²) in [6.45, 7) is 3.06. The normalized spacial score (nSPS) is 23.9. The zero-order valence-corrected chi connectivity index (χ0v) is 15.0. The number of pyridine rings is 1. The SMILES string of the molecule is Cc1ccc(O[C@H]2CCOC[C@H]2NC(=O)C2(c3ccccc3)CC2)cn1. The van der Waals surface area contributed by atoms with Gasteiger partial charge in [-0.1, -0.05) is 30.3 Å². The smallest absolute Gasteiger partial charge is 0.231 e. The van der Waals surface area contributed by atoms with Crippen LogP contribution in [0.1, 0.15) is 30.5 Å². The van der Waals surface area contributed by atoms with Crippen LogP contribution < -0.4 is 10.1 Å². The van der Waals surface area contributed by atoms with Crippen LogP contribution in [0.25, 0.3) is 0 Å². The van der Waals surface area contributed by atoms with Crippen molar-refractivity contribution in [3.8, 4) is 5.75 Å². The second-order valence-electron chi connectivity index (χ2n) is 7.18. The Morgan fingerprint density at radius 1 is 1.23 bits per heavy atom. The van der Waals surface area contributed by atoms with Crippen LogP contribution in [0.5, 0.6) is 5.75 Å². The number of rotatable bonds is 5. The molecule has 26 heavy (non-hydrogen) atoms. The molecule has 0 radical (unpaired) electrons. The van der Waals surface area contributed by atoms with Gasteiger partial charge in [-0.05, 0) is 37.5 Å². The van der Waals surface area contributed by atoms with E-state index in [1.54, 1.807) is 6.20 Å². The summed E-state index contributed by atoms with van der Waals surface area (Å²) in [5.41, 5.74) is 1.66. The lowest BCUT2D eigenvalue weighted by atomic mass is 9.94. The van der Waals surface area contributed by atoms with Crippen molar-refractivity contribution in [3.63, 3.8) is 0 Å². The Bertz CT molecular complexity index is 757. The molecule has 4 rings (SSSR count). The van der Waals surface area contributed by atoms with Crippen LogP contribution in [0.15, 0.2) is 48.7 Å². The summed E-state index contributed by atoms with van der Waals surface area (Å²) in [4.78, 5) is 17.3. The fraction of sp³-hybridized carbons (Fsp3) is 0.429. The van der Waals surface area contributed by atoms with Crippen molar-refractivity contribution in [1.82, 2.24) is 10.3 Å². The Hall–Kier alpha value is -2.40. The third-order valence-corrected chi connectivity index (χ3v) is 5.29. The molecule has 2 aromatic rings. The van der Waals surface area contributed by atoms with Gasteiger partial charge in [0, 0.05) is 12.1 Å². The molecule has 0 unspecified atom stereocenters. The number of aryl methyl sites for hydroxylation is 1. The summed E-state index contributed by atoms with van der Waals surface area (Å²) in [5.74, 6) is 0.806. The van der Waals surface area contributed by atoms with E-state index >= 15 is 0 Å². The maximum Gasteiger partial charge on any atom is 0.231 e. The predicted molar refractivity (Wildman–Crippen MR) is 98.1 cm³/mol. The highest BCUT2D eigenvalue weighted by atomic mass is 16.5. The van der Waals surface area contributed by atoms with Crippen LogP contribution in [-0.2, 0) is 14.9 Å². The van der Waals surface area contributed by atoms with Crippen molar-refractivity contribution in [2.45, 2.75) is 43.7 Å². The van der Waals surface area contributed by atoms with Crippen molar-refractivity contribution in [1.29, 1.82) is 0 Å². The van der Waals surface area contributed by atoms with Crippen LogP contribution in [0.3, 0.4) is 0 Å². The van der Waals surface area contributed by atoms with Gasteiger partial charge < -0.3 is 14.8 Å². The van der Waals surface area contributed by atoms with Crippen LogP contribution in [0.4, 0.5) is 0 Å². The van der Waals surface area contributed by atoms with Crippen LogP contribution in [0.2, 0.25) is 0 Å². The van der Waals surface area contributed by atoms with Gasteiger partial charge in [-0.2, -0.15) is 0 Å². The third-order valence-electron chi connectivity index (χ3n) is 5.29. The quantitative estimate of drug-likeness (QED) is 0.899. The second-order valence-corrected chi connectivity index (χ2v) is 7.18. The van der Waals surface area contributed by atoms with Gasteiger partial charge in [0.2, 0.25) is 5.91 Å². The minimum atomic E-state index is -0.380. The lowest BCUT2D eigenvalue weighted by molar-refractivity contribution is -0.126. The lowest BCUT2D eigenvalue weighted by Gasteiger charge is -2.33. The summed E-state index contributed by atoms with van der Waals surface area (Å²) >= 11 is 0. The first-order chi connectivity index (χ1) is 12.7. The second kappa shape index (κ2) is 7.08. The predicted octanol–water partition coefficient (Wildman–Crippen LogP) is 2.77. The molecule has 5 heteroatoms. The molecule has 1 amide bonds. The number of hydrogen-bond acceptors (Lipinski definition) is 4. The molecule has 1 saturated heterocycles. The van der Waals surface area contributed by atoms with E-state index in [4.69, 9.17) is 9.47 Å². The van der Waals surface area contributed by atoms with Gasteiger partial charge >= 0.3 is 0 Å². The number of carbonyl (C=O) groups excluding carboxylic acids is 1. The number of nitrogens with one attached hydrogen (secondary N) is 1. The monoisotopic (exact) mass is 352 g/mol. The summed E-state index contributed by atoms with van der Waals surface area (Å²) in [7, 11) is 0. The molecule has 2 heterocycles. The summed E-state index contributed by atoms with van der Waals surface area (Å²) in [6.07, 6.45) is 4.16. The topological polar surface area (TPSA) is 60.5 Å². The van der Waals surface area contributed by atoms with E-state index in [9.17, 15) is 4.79 Å². The fourth-order valence-corrected chi connectivity index (χ4v) is 3.53. The first-order valence-electron chi connectivity index (χ1n) is 9.21. The molecule has 1 saturated carbocycles. The molecule has 5 nitrogen and oxygen atoms in total. The molecule has 1 aromatic heterocycles. The average Bonchev–Trinajstić information content (AvgIpc) is 3.48. The van der Waals surface area contributed by atoms with E-state index < -0.39 is 0 Å². The maximum atomic E-state index is 13.0. The number of amides is 1. The molecular weight excluding hydrogens is 328 g/mol. The van der Waals surface area contributed by atoms with Crippen LogP contribution >= 0.6 is 0 Å². The van der Waals surface area contributed by atoms with Gasteiger partial charge in [0.15, 0.2) is 0 Å². The Morgan fingerprint density at radius 2 is 2.04 bits per heavy atom. The standard InChI is InChI=1S/C21H24N2O3/c1-15-7-8-17(13-22-15)26-19-9-12-25-14-18(19)23-20(24)21(10-11-21)16-5-3-2-4-6-16/h2-8,13,18-19H,9-12,14H2,1H3,(H,23,24)/t18-,19+/m1/s1. The fourth-order valence-electron chi connectivity index (χ4n) is 3.53.